The Morgan fingerprint density at radius 1 is 1.11 bits per heavy atom. The zero-order valence-corrected chi connectivity index (χ0v) is 16.0. The predicted octanol–water partition coefficient (Wildman–Crippen LogP) is 4.79. The van der Waals surface area contributed by atoms with E-state index in [0.717, 1.165) is 0 Å². The summed E-state index contributed by atoms with van der Waals surface area (Å²) in [5.41, 5.74) is 1.25. The molecule has 0 radical (unpaired) electrons. The number of benzene rings is 2. The lowest BCUT2D eigenvalue weighted by Crippen LogP contribution is -2.26. The molecule has 1 unspecified atom stereocenters. The molecule has 1 N–H and O–H groups in total. The fraction of sp³-hybridized carbons (Fsp3) is 0.143. The summed E-state index contributed by atoms with van der Waals surface area (Å²) in [5, 5.41) is 3.07. The van der Waals surface area contributed by atoms with Crippen LogP contribution in [0.2, 0.25) is 5.02 Å². The molecule has 1 heterocycles. The number of carbonyl (C=O) groups is 2. The zero-order valence-electron chi connectivity index (χ0n) is 15.3. The maximum atomic E-state index is 12.9. The maximum absolute atomic E-state index is 12.9. The average Bonchev–Trinajstić information content (AvgIpc) is 3.12. The van der Waals surface area contributed by atoms with E-state index < -0.39 is 18.0 Å². The van der Waals surface area contributed by atoms with Gasteiger partial charge in [0.1, 0.15) is 17.1 Å². The molecular formula is C21H18ClNO5. The van der Waals surface area contributed by atoms with Gasteiger partial charge in [-0.2, -0.15) is 0 Å². The summed E-state index contributed by atoms with van der Waals surface area (Å²) in [5.74, 6) is -0.259. The Morgan fingerprint density at radius 2 is 1.86 bits per heavy atom. The van der Waals surface area contributed by atoms with Crippen LogP contribution in [-0.2, 0) is 9.53 Å². The number of furan rings is 1. The largest absolute Gasteiger partial charge is 0.495 e. The van der Waals surface area contributed by atoms with Crippen molar-refractivity contribution in [3.05, 3.63) is 82.8 Å². The van der Waals surface area contributed by atoms with Crippen molar-refractivity contribution in [3.8, 4) is 5.75 Å². The Balaban J connectivity index is 1.84. The topological polar surface area (TPSA) is 77.8 Å². The Morgan fingerprint density at radius 3 is 2.46 bits per heavy atom. The second-order valence-corrected chi connectivity index (χ2v) is 6.33. The summed E-state index contributed by atoms with van der Waals surface area (Å²) in [4.78, 5) is 25.4. The number of hydrogen-bond donors (Lipinski definition) is 1. The number of aryl methyl sites for hydroxylation is 1. The molecule has 3 aromatic rings. The van der Waals surface area contributed by atoms with Crippen LogP contribution in [0.1, 0.15) is 27.8 Å². The Hall–Kier alpha value is -3.25. The molecule has 0 aliphatic rings. The molecule has 7 heteroatoms. The number of anilines is 1. The lowest BCUT2D eigenvalue weighted by molar-refractivity contribution is -0.125. The van der Waals surface area contributed by atoms with E-state index in [0.29, 0.717) is 27.8 Å². The van der Waals surface area contributed by atoms with Gasteiger partial charge in [-0.05, 0) is 31.2 Å². The first-order valence-electron chi connectivity index (χ1n) is 8.44. The van der Waals surface area contributed by atoms with Gasteiger partial charge in [-0.15, -0.1) is 0 Å². The van der Waals surface area contributed by atoms with Crippen LogP contribution in [0.3, 0.4) is 0 Å². The normalized spacial score (nSPS) is 11.5. The van der Waals surface area contributed by atoms with Crippen molar-refractivity contribution in [2.75, 3.05) is 12.4 Å². The van der Waals surface area contributed by atoms with Crippen LogP contribution in [-0.4, -0.2) is 19.0 Å². The van der Waals surface area contributed by atoms with Crippen LogP contribution in [0.5, 0.6) is 5.75 Å². The first kappa shape index (κ1) is 19.5. The lowest BCUT2D eigenvalue weighted by Gasteiger charge is -2.18. The van der Waals surface area contributed by atoms with Crippen LogP contribution in [0.4, 0.5) is 5.69 Å². The molecule has 1 atom stereocenters. The minimum atomic E-state index is -1.15. The quantitative estimate of drug-likeness (QED) is 0.603. The van der Waals surface area contributed by atoms with Crippen molar-refractivity contribution in [1.29, 1.82) is 0 Å². The van der Waals surface area contributed by atoms with Crippen molar-refractivity contribution in [1.82, 2.24) is 0 Å². The van der Waals surface area contributed by atoms with Gasteiger partial charge in [-0.25, -0.2) is 4.79 Å². The van der Waals surface area contributed by atoms with Gasteiger partial charge in [-0.1, -0.05) is 41.9 Å². The minimum absolute atomic E-state index is 0.265. The van der Waals surface area contributed by atoms with E-state index >= 15 is 0 Å². The summed E-state index contributed by atoms with van der Waals surface area (Å²) in [6.45, 7) is 1.65. The molecule has 2 aromatic carbocycles. The molecule has 0 saturated carbocycles. The lowest BCUT2D eigenvalue weighted by atomic mass is 10.1. The first-order valence-corrected chi connectivity index (χ1v) is 8.82. The number of halogens is 1. The molecule has 0 fully saturated rings. The van der Waals surface area contributed by atoms with Gasteiger partial charge in [0.05, 0.1) is 18.4 Å². The zero-order chi connectivity index (χ0) is 20.1. The van der Waals surface area contributed by atoms with E-state index in [-0.39, 0.29) is 5.56 Å². The Bertz CT molecular complexity index is 983. The highest BCUT2D eigenvalue weighted by Gasteiger charge is 2.27. The molecule has 1 amide bonds. The van der Waals surface area contributed by atoms with Gasteiger partial charge < -0.3 is 19.2 Å². The smallest absolute Gasteiger partial charge is 0.342 e. The summed E-state index contributed by atoms with van der Waals surface area (Å²) < 4.78 is 15.7. The van der Waals surface area contributed by atoms with E-state index in [1.165, 1.54) is 19.4 Å². The maximum Gasteiger partial charge on any atom is 0.342 e. The third kappa shape index (κ3) is 4.35. The number of hydrogen-bond acceptors (Lipinski definition) is 5. The van der Waals surface area contributed by atoms with E-state index in [9.17, 15) is 9.59 Å². The van der Waals surface area contributed by atoms with Gasteiger partial charge in [0, 0.05) is 11.3 Å². The highest BCUT2D eigenvalue weighted by atomic mass is 35.5. The molecule has 28 heavy (non-hydrogen) atoms. The van der Waals surface area contributed by atoms with Crippen LogP contribution in [0.15, 0.2) is 65.3 Å². The molecule has 0 aliphatic carbocycles. The third-order valence-electron chi connectivity index (χ3n) is 4.06. The molecule has 6 nitrogen and oxygen atoms in total. The van der Waals surface area contributed by atoms with Crippen molar-refractivity contribution >= 4 is 29.2 Å². The van der Waals surface area contributed by atoms with Crippen LogP contribution in [0.25, 0.3) is 0 Å². The van der Waals surface area contributed by atoms with Crippen molar-refractivity contribution < 1.29 is 23.5 Å². The third-order valence-corrected chi connectivity index (χ3v) is 4.36. The molecule has 1 aromatic heterocycles. The van der Waals surface area contributed by atoms with Crippen molar-refractivity contribution in [3.63, 3.8) is 0 Å². The Labute approximate surface area is 167 Å². The molecular weight excluding hydrogens is 382 g/mol. The van der Waals surface area contributed by atoms with Gasteiger partial charge in [0.25, 0.3) is 5.91 Å². The van der Waals surface area contributed by atoms with E-state index in [1.54, 1.807) is 49.4 Å². The number of esters is 1. The average molecular weight is 400 g/mol. The summed E-state index contributed by atoms with van der Waals surface area (Å²) >= 11 is 6.11. The van der Waals surface area contributed by atoms with Crippen LogP contribution < -0.4 is 10.1 Å². The number of rotatable bonds is 6. The highest BCUT2D eigenvalue weighted by Crippen LogP contribution is 2.28. The second-order valence-electron chi connectivity index (χ2n) is 5.93. The van der Waals surface area contributed by atoms with Crippen LogP contribution >= 0.6 is 11.6 Å². The minimum Gasteiger partial charge on any atom is -0.495 e. The van der Waals surface area contributed by atoms with Crippen molar-refractivity contribution in [2.24, 2.45) is 0 Å². The number of ether oxygens (including phenoxy) is 2. The van der Waals surface area contributed by atoms with Crippen LogP contribution in [0, 0.1) is 6.92 Å². The molecule has 0 bridgehead atoms. The number of nitrogens with one attached hydrogen (secondary N) is 1. The van der Waals surface area contributed by atoms with Crippen molar-refractivity contribution in [2.45, 2.75) is 13.0 Å². The highest BCUT2D eigenvalue weighted by molar-refractivity contribution is 6.32. The molecule has 3 rings (SSSR count). The number of methoxy groups -OCH3 is 1. The summed E-state index contributed by atoms with van der Waals surface area (Å²) in [6, 6.07) is 15.1. The Kier molecular flexibility index (Phi) is 6.01. The fourth-order valence-electron chi connectivity index (χ4n) is 2.62. The molecule has 0 spiro atoms. The standard InChI is InChI=1S/C21H18ClNO5/c1-13-16(10-11-27-13)21(25)28-19(14-6-4-3-5-7-14)20(24)23-15-8-9-18(26-2)17(22)12-15/h3-12,19H,1-2H3,(H,23,24). The summed E-state index contributed by atoms with van der Waals surface area (Å²) in [6.07, 6.45) is 0.243. The van der Waals surface area contributed by atoms with Gasteiger partial charge in [-0.3, -0.25) is 4.79 Å². The van der Waals surface area contributed by atoms with E-state index in [4.69, 9.17) is 25.5 Å². The van der Waals surface area contributed by atoms with Gasteiger partial charge in [0.2, 0.25) is 6.10 Å². The predicted molar refractivity (Wildman–Crippen MR) is 105 cm³/mol. The van der Waals surface area contributed by atoms with Gasteiger partial charge >= 0.3 is 5.97 Å². The number of amides is 1. The fourth-order valence-corrected chi connectivity index (χ4v) is 2.88. The monoisotopic (exact) mass is 399 g/mol. The van der Waals surface area contributed by atoms with E-state index in [2.05, 4.69) is 5.32 Å². The first-order chi connectivity index (χ1) is 13.5. The number of carbonyl (C=O) groups excluding carboxylic acids is 2. The molecule has 0 saturated heterocycles. The SMILES string of the molecule is COc1ccc(NC(=O)C(OC(=O)c2ccoc2C)c2ccccc2)cc1Cl. The second kappa shape index (κ2) is 8.63. The molecule has 144 valence electrons. The van der Waals surface area contributed by atoms with Gasteiger partial charge in [0.15, 0.2) is 0 Å². The molecule has 0 aliphatic heterocycles. The summed E-state index contributed by atoms with van der Waals surface area (Å²) in [7, 11) is 1.50. The van der Waals surface area contributed by atoms with E-state index in [1.807, 2.05) is 6.07 Å².